The maximum Gasteiger partial charge on any atom is 0.115 e. The van der Waals surface area contributed by atoms with Crippen molar-refractivity contribution in [3.05, 3.63) is 40.4 Å². The Balaban J connectivity index is 2.13. The Morgan fingerprint density at radius 1 is 1.32 bits per heavy atom. The summed E-state index contributed by atoms with van der Waals surface area (Å²) in [6.45, 7) is 6.49. The molecular formula is C13H19N5S. The monoisotopic (exact) mass is 277 g/mol. The van der Waals surface area contributed by atoms with E-state index in [-0.39, 0.29) is 11.5 Å². The largest absolute Gasteiger partial charge is 0.271 e. The van der Waals surface area contributed by atoms with Crippen LogP contribution >= 0.6 is 11.3 Å². The summed E-state index contributed by atoms with van der Waals surface area (Å²) in [6, 6.07) is -0.0137. The average molecular weight is 277 g/mol. The maximum atomic E-state index is 5.62. The van der Waals surface area contributed by atoms with Crippen LogP contribution < -0.4 is 11.3 Å². The fourth-order valence-corrected chi connectivity index (χ4v) is 2.76. The third-order valence-electron chi connectivity index (χ3n) is 2.88. The molecule has 0 radical (unpaired) electrons. The van der Waals surface area contributed by atoms with E-state index in [4.69, 9.17) is 5.84 Å². The van der Waals surface area contributed by atoms with Crippen molar-refractivity contribution >= 4 is 11.3 Å². The third-order valence-corrected chi connectivity index (χ3v) is 3.75. The fourth-order valence-electron chi connectivity index (χ4n) is 1.69. The van der Waals surface area contributed by atoms with Gasteiger partial charge in [0.05, 0.1) is 16.7 Å². The lowest BCUT2D eigenvalue weighted by Crippen LogP contribution is -2.29. The van der Waals surface area contributed by atoms with Gasteiger partial charge in [0.15, 0.2) is 0 Å². The second-order valence-corrected chi connectivity index (χ2v) is 6.41. The van der Waals surface area contributed by atoms with Crippen molar-refractivity contribution < 1.29 is 0 Å². The number of nitrogens with zero attached hydrogens (tertiary/aromatic N) is 3. The van der Waals surface area contributed by atoms with E-state index in [1.807, 2.05) is 0 Å². The van der Waals surface area contributed by atoms with Crippen LogP contribution in [0.1, 0.15) is 43.1 Å². The molecule has 2 aromatic rings. The number of nitrogens with two attached hydrogens (primary N) is 1. The molecule has 0 aliphatic heterocycles. The lowest BCUT2D eigenvalue weighted by atomic mass is 9.93. The van der Waals surface area contributed by atoms with E-state index >= 15 is 0 Å². The Bertz CT molecular complexity index is 517. The smallest absolute Gasteiger partial charge is 0.115 e. The van der Waals surface area contributed by atoms with Crippen LogP contribution in [0.4, 0.5) is 0 Å². The minimum absolute atomic E-state index is 0.0137. The summed E-state index contributed by atoms with van der Waals surface area (Å²) in [5.41, 5.74) is 4.97. The van der Waals surface area contributed by atoms with Crippen molar-refractivity contribution in [3.63, 3.8) is 0 Å². The molecule has 102 valence electrons. The van der Waals surface area contributed by atoms with Gasteiger partial charge in [-0.2, -0.15) is 0 Å². The molecule has 0 saturated carbocycles. The van der Waals surface area contributed by atoms with E-state index in [2.05, 4.69) is 46.5 Å². The highest BCUT2D eigenvalue weighted by Gasteiger charge is 2.19. The van der Waals surface area contributed by atoms with E-state index in [1.165, 1.54) is 6.33 Å². The van der Waals surface area contributed by atoms with Crippen molar-refractivity contribution in [2.75, 3.05) is 0 Å². The zero-order chi connectivity index (χ0) is 13.9. The van der Waals surface area contributed by atoms with Crippen LogP contribution in [0.25, 0.3) is 0 Å². The molecule has 0 spiro atoms. The highest BCUT2D eigenvalue weighted by Crippen LogP contribution is 2.26. The van der Waals surface area contributed by atoms with Crippen molar-refractivity contribution in [3.8, 4) is 0 Å². The zero-order valence-electron chi connectivity index (χ0n) is 11.4. The second kappa shape index (κ2) is 5.73. The number of hydrogen-bond acceptors (Lipinski definition) is 6. The van der Waals surface area contributed by atoms with E-state index < -0.39 is 0 Å². The fraction of sp³-hybridized carbons (Fsp3) is 0.462. The minimum Gasteiger partial charge on any atom is -0.271 e. The molecule has 1 atom stereocenters. The first-order chi connectivity index (χ1) is 9.00. The minimum atomic E-state index is -0.0137. The lowest BCUT2D eigenvalue weighted by molar-refractivity contribution is 0.538. The van der Waals surface area contributed by atoms with Gasteiger partial charge in [0.2, 0.25) is 0 Å². The Kier molecular flexibility index (Phi) is 4.24. The van der Waals surface area contributed by atoms with Gasteiger partial charge in [-0.05, 0) is 0 Å². The molecule has 0 bridgehead atoms. The summed E-state index contributed by atoms with van der Waals surface area (Å²) in [5.74, 6) is 5.62. The zero-order valence-corrected chi connectivity index (χ0v) is 12.2. The summed E-state index contributed by atoms with van der Waals surface area (Å²) >= 11 is 1.67. The molecule has 19 heavy (non-hydrogen) atoms. The molecule has 0 aliphatic carbocycles. The Labute approximate surface area is 117 Å². The molecule has 5 nitrogen and oxygen atoms in total. The first-order valence-electron chi connectivity index (χ1n) is 6.16. The van der Waals surface area contributed by atoms with Crippen LogP contribution in [0.15, 0.2) is 24.1 Å². The van der Waals surface area contributed by atoms with Gasteiger partial charge in [0.1, 0.15) is 6.33 Å². The molecule has 6 heteroatoms. The molecule has 0 fully saturated rings. The van der Waals surface area contributed by atoms with E-state index in [0.29, 0.717) is 0 Å². The Morgan fingerprint density at radius 2 is 2.00 bits per heavy atom. The molecule has 0 amide bonds. The molecular weight excluding hydrogens is 258 g/mol. The number of aromatic nitrogens is 3. The Morgan fingerprint density at radius 3 is 2.53 bits per heavy atom. The van der Waals surface area contributed by atoms with Gasteiger partial charge in [-0.3, -0.25) is 11.3 Å². The predicted octanol–water partition coefficient (Wildman–Crippen LogP) is 1.98. The summed E-state index contributed by atoms with van der Waals surface area (Å²) in [6.07, 6.45) is 5.80. The molecule has 3 N–H and O–H groups in total. The number of hydrazine groups is 1. The summed E-state index contributed by atoms with van der Waals surface area (Å²) in [5, 5.41) is 3.18. The van der Waals surface area contributed by atoms with Crippen LogP contribution in [-0.2, 0) is 11.8 Å². The second-order valence-electron chi connectivity index (χ2n) is 5.47. The normalized spacial score (nSPS) is 13.5. The van der Waals surface area contributed by atoms with E-state index in [9.17, 15) is 0 Å². The SMILES string of the molecule is CC(C)(C)c1csc(CC(NN)c2cncnc2)n1. The molecule has 1 unspecified atom stereocenters. The van der Waals surface area contributed by atoms with Crippen LogP contribution in [0.2, 0.25) is 0 Å². The first kappa shape index (κ1) is 14.0. The highest BCUT2D eigenvalue weighted by atomic mass is 32.1. The van der Waals surface area contributed by atoms with Gasteiger partial charge in [-0.15, -0.1) is 11.3 Å². The van der Waals surface area contributed by atoms with Crippen molar-refractivity contribution in [1.82, 2.24) is 20.4 Å². The van der Waals surface area contributed by atoms with Crippen LogP contribution in [0, 0.1) is 0 Å². The lowest BCUT2D eigenvalue weighted by Gasteiger charge is -2.15. The molecule has 2 rings (SSSR count). The quantitative estimate of drug-likeness (QED) is 0.660. The van der Waals surface area contributed by atoms with Crippen LogP contribution in [-0.4, -0.2) is 15.0 Å². The molecule has 0 aromatic carbocycles. The topological polar surface area (TPSA) is 76.7 Å². The average Bonchev–Trinajstić information content (AvgIpc) is 2.85. The summed E-state index contributed by atoms with van der Waals surface area (Å²) in [7, 11) is 0. The maximum absolute atomic E-state index is 5.62. The Hall–Kier alpha value is -1.37. The van der Waals surface area contributed by atoms with Gasteiger partial charge >= 0.3 is 0 Å². The van der Waals surface area contributed by atoms with Gasteiger partial charge < -0.3 is 0 Å². The van der Waals surface area contributed by atoms with Gasteiger partial charge in [0, 0.05) is 35.2 Å². The van der Waals surface area contributed by atoms with Crippen molar-refractivity contribution in [2.24, 2.45) is 5.84 Å². The predicted molar refractivity (Wildman–Crippen MR) is 76.6 cm³/mol. The van der Waals surface area contributed by atoms with Gasteiger partial charge in [0.25, 0.3) is 0 Å². The van der Waals surface area contributed by atoms with Crippen molar-refractivity contribution in [2.45, 2.75) is 38.6 Å². The van der Waals surface area contributed by atoms with Gasteiger partial charge in [-0.1, -0.05) is 20.8 Å². The number of nitrogens with one attached hydrogen (secondary N) is 1. The van der Waals surface area contributed by atoms with E-state index in [1.54, 1.807) is 23.7 Å². The molecule has 0 aliphatic rings. The molecule has 2 heterocycles. The summed E-state index contributed by atoms with van der Waals surface area (Å²) in [4.78, 5) is 12.7. The number of thiazole rings is 1. The summed E-state index contributed by atoms with van der Waals surface area (Å²) < 4.78 is 0. The highest BCUT2D eigenvalue weighted by molar-refractivity contribution is 7.09. The van der Waals surface area contributed by atoms with E-state index in [0.717, 1.165) is 22.7 Å². The number of rotatable bonds is 4. The van der Waals surface area contributed by atoms with Crippen LogP contribution in [0.5, 0.6) is 0 Å². The number of hydrogen-bond donors (Lipinski definition) is 2. The van der Waals surface area contributed by atoms with Crippen LogP contribution in [0.3, 0.4) is 0 Å². The third kappa shape index (κ3) is 3.56. The molecule has 2 aromatic heterocycles. The van der Waals surface area contributed by atoms with Gasteiger partial charge in [-0.25, -0.2) is 15.0 Å². The first-order valence-corrected chi connectivity index (χ1v) is 7.04. The standard InChI is InChI=1S/C13H19N5S/c1-13(2,3)11-7-19-12(17-11)4-10(18-14)9-5-15-8-16-6-9/h5-8,10,18H,4,14H2,1-3H3. The molecule has 0 saturated heterocycles. The van der Waals surface area contributed by atoms with Crippen molar-refractivity contribution in [1.29, 1.82) is 0 Å².